The normalized spacial score (nSPS) is 14.6. The average molecular weight is 523 g/mol. The molecule has 1 N–H and O–H groups in total. The van der Waals surface area contributed by atoms with Crippen molar-refractivity contribution in [1.29, 1.82) is 0 Å². The van der Waals surface area contributed by atoms with Gasteiger partial charge in [-0.3, -0.25) is 9.48 Å². The molecule has 39 heavy (non-hydrogen) atoms. The average Bonchev–Trinajstić information content (AvgIpc) is 3.61. The van der Waals surface area contributed by atoms with E-state index >= 15 is 0 Å². The summed E-state index contributed by atoms with van der Waals surface area (Å²) in [5, 5.41) is 15.7. The van der Waals surface area contributed by atoms with Crippen LogP contribution in [0.5, 0.6) is 0 Å². The minimum Gasteiger partial charge on any atom is -0.466 e. The summed E-state index contributed by atoms with van der Waals surface area (Å²) in [7, 11) is 0. The van der Waals surface area contributed by atoms with Crippen molar-refractivity contribution < 1.29 is 14.6 Å². The fourth-order valence-corrected chi connectivity index (χ4v) is 5.57. The first-order chi connectivity index (χ1) is 19.0. The Bertz CT molecular complexity index is 1370. The van der Waals surface area contributed by atoms with Crippen LogP contribution in [0, 0.1) is 0 Å². The van der Waals surface area contributed by atoms with E-state index in [0.29, 0.717) is 26.0 Å². The topological polar surface area (TPSA) is 64.3 Å². The highest BCUT2D eigenvalue weighted by Crippen LogP contribution is 2.51. The van der Waals surface area contributed by atoms with Crippen LogP contribution in [-0.4, -0.2) is 27.5 Å². The predicted molar refractivity (Wildman–Crippen MR) is 155 cm³/mol. The van der Waals surface area contributed by atoms with Crippen LogP contribution < -0.4 is 0 Å². The summed E-state index contributed by atoms with van der Waals surface area (Å²) in [6.45, 7) is 5.05. The van der Waals surface area contributed by atoms with Crippen molar-refractivity contribution in [1.82, 2.24) is 9.78 Å². The molecule has 202 valence electrons. The third kappa shape index (κ3) is 6.15. The molecule has 0 spiro atoms. The summed E-state index contributed by atoms with van der Waals surface area (Å²) < 4.78 is 7.10. The lowest BCUT2D eigenvalue weighted by atomic mass is 9.90. The van der Waals surface area contributed by atoms with Gasteiger partial charge >= 0.3 is 5.97 Å². The van der Waals surface area contributed by atoms with Crippen molar-refractivity contribution in [3.63, 3.8) is 0 Å². The second kappa shape index (κ2) is 12.0. The maximum Gasteiger partial charge on any atom is 0.306 e. The minimum absolute atomic E-state index is 0.0492. The van der Waals surface area contributed by atoms with E-state index in [1.54, 1.807) is 0 Å². The van der Waals surface area contributed by atoms with Gasteiger partial charge in [0.15, 0.2) is 0 Å². The number of nitrogens with zero attached hydrogens (tertiary/aromatic N) is 2. The van der Waals surface area contributed by atoms with Crippen LogP contribution in [0.25, 0.3) is 22.3 Å². The molecule has 1 atom stereocenters. The molecule has 1 saturated carbocycles. The zero-order valence-corrected chi connectivity index (χ0v) is 23.0. The number of carbonyl (C=O) groups is 1. The highest BCUT2D eigenvalue weighted by molar-refractivity contribution is 5.74. The van der Waals surface area contributed by atoms with Crippen molar-refractivity contribution in [2.24, 2.45) is 0 Å². The third-order valence-corrected chi connectivity index (χ3v) is 7.95. The zero-order chi connectivity index (χ0) is 27.2. The van der Waals surface area contributed by atoms with Gasteiger partial charge in [0.1, 0.15) is 0 Å². The van der Waals surface area contributed by atoms with Gasteiger partial charge in [0, 0.05) is 17.5 Å². The monoisotopic (exact) mass is 522 g/mol. The second-order valence-corrected chi connectivity index (χ2v) is 10.6. The molecule has 1 unspecified atom stereocenters. The molecular weight excluding hydrogens is 484 g/mol. The standard InChI is InChI=1S/C34H38N2O3/c1-3-36-33(31(37)12-8-11-25-9-6-5-7-10-25)30(24-35-36)28-15-13-26(14-16-28)27-17-19-29(20-18-27)34(21-22-34)23-32(38)39-4-2/h5-7,9-10,13-20,24,31,37H,3-4,8,11-12,21-23H2,1-2H3. The SMILES string of the molecule is CCOC(=O)CC1(c2ccc(-c3ccc(-c4cnn(CC)c4C(O)CCCc4ccccc4)cc3)cc2)CC1. The summed E-state index contributed by atoms with van der Waals surface area (Å²) in [5.74, 6) is -0.109. The molecule has 1 heterocycles. The highest BCUT2D eigenvalue weighted by Gasteiger charge is 2.46. The fourth-order valence-electron chi connectivity index (χ4n) is 5.57. The molecule has 3 aromatic carbocycles. The Hall–Kier alpha value is -3.70. The van der Waals surface area contributed by atoms with Gasteiger partial charge in [-0.1, -0.05) is 78.9 Å². The van der Waals surface area contributed by atoms with Gasteiger partial charge in [0.05, 0.1) is 31.0 Å². The molecule has 4 aromatic rings. The first kappa shape index (κ1) is 26.9. The van der Waals surface area contributed by atoms with E-state index in [2.05, 4.69) is 84.8 Å². The van der Waals surface area contributed by atoms with E-state index in [1.807, 2.05) is 23.9 Å². The number of benzene rings is 3. The molecule has 0 amide bonds. The van der Waals surface area contributed by atoms with Crippen molar-refractivity contribution in [3.05, 3.63) is 102 Å². The molecule has 1 aliphatic rings. The van der Waals surface area contributed by atoms with E-state index in [4.69, 9.17) is 4.74 Å². The molecule has 1 aliphatic carbocycles. The molecule has 0 saturated heterocycles. The Balaban J connectivity index is 1.28. The Morgan fingerprint density at radius 3 is 2.21 bits per heavy atom. The number of rotatable bonds is 12. The number of ether oxygens (including phenoxy) is 1. The predicted octanol–water partition coefficient (Wildman–Crippen LogP) is 7.28. The number of hydrogen-bond donors (Lipinski definition) is 1. The molecule has 5 heteroatoms. The number of aromatic nitrogens is 2. The van der Waals surface area contributed by atoms with Gasteiger partial charge in [-0.25, -0.2) is 0 Å². The Morgan fingerprint density at radius 2 is 1.59 bits per heavy atom. The van der Waals surface area contributed by atoms with Crippen LogP contribution in [0.1, 0.15) is 68.9 Å². The van der Waals surface area contributed by atoms with Crippen molar-refractivity contribution >= 4 is 5.97 Å². The minimum atomic E-state index is -0.567. The summed E-state index contributed by atoms with van der Waals surface area (Å²) in [4.78, 5) is 12.1. The molecule has 0 radical (unpaired) electrons. The van der Waals surface area contributed by atoms with E-state index in [9.17, 15) is 9.90 Å². The lowest BCUT2D eigenvalue weighted by molar-refractivity contribution is -0.143. The smallest absolute Gasteiger partial charge is 0.306 e. The van der Waals surface area contributed by atoms with Crippen LogP contribution in [0.15, 0.2) is 85.1 Å². The maximum absolute atomic E-state index is 12.1. The fraction of sp³-hybridized carbons (Fsp3) is 0.353. The van der Waals surface area contributed by atoms with Crippen LogP contribution in [0.2, 0.25) is 0 Å². The van der Waals surface area contributed by atoms with E-state index in [1.165, 1.54) is 11.1 Å². The van der Waals surface area contributed by atoms with Crippen LogP contribution in [-0.2, 0) is 27.9 Å². The largest absolute Gasteiger partial charge is 0.466 e. The van der Waals surface area contributed by atoms with Gasteiger partial charge in [-0.05, 0) is 73.8 Å². The van der Waals surface area contributed by atoms with Gasteiger partial charge in [-0.2, -0.15) is 5.10 Å². The Kier molecular flexibility index (Phi) is 8.27. The zero-order valence-electron chi connectivity index (χ0n) is 23.0. The van der Waals surface area contributed by atoms with Gasteiger partial charge in [-0.15, -0.1) is 0 Å². The number of esters is 1. The molecular formula is C34H38N2O3. The molecule has 1 fully saturated rings. The van der Waals surface area contributed by atoms with Crippen LogP contribution in [0.3, 0.4) is 0 Å². The van der Waals surface area contributed by atoms with Crippen LogP contribution in [0.4, 0.5) is 0 Å². The van der Waals surface area contributed by atoms with Gasteiger partial charge in [0.25, 0.3) is 0 Å². The summed E-state index contributed by atoms with van der Waals surface area (Å²) in [6.07, 6.45) is 6.39. The van der Waals surface area contributed by atoms with E-state index in [0.717, 1.165) is 53.6 Å². The van der Waals surface area contributed by atoms with E-state index in [-0.39, 0.29) is 11.4 Å². The van der Waals surface area contributed by atoms with Crippen molar-refractivity contribution in [2.75, 3.05) is 6.61 Å². The summed E-state index contributed by atoms with van der Waals surface area (Å²) in [6, 6.07) is 27.5. The lowest BCUT2D eigenvalue weighted by Crippen LogP contribution is -2.15. The number of aliphatic hydroxyl groups is 1. The summed E-state index contributed by atoms with van der Waals surface area (Å²) in [5.41, 5.74) is 7.67. The molecule has 5 rings (SSSR count). The van der Waals surface area contributed by atoms with Gasteiger partial charge in [0.2, 0.25) is 0 Å². The Morgan fingerprint density at radius 1 is 0.949 bits per heavy atom. The van der Waals surface area contributed by atoms with Crippen molar-refractivity contribution in [2.45, 2.75) is 70.4 Å². The third-order valence-electron chi connectivity index (χ3n) is 7.95. The van der Waals surface area contributed by atoms with Gasteiger partial charge < -0.3 is 9.84 Å². The number of hydrogen-bond acceptors (Lipinski definition) is 4. The second-order valence-electron chi connectivity index (χ2n) is 10.6. The Labute approximate surface area is 231 Å². The molecule has 1 aromatic heterocycles. The highest BCUT2D eigenvalue weighted by atomic mass is 16.5. The number of aliphatic hydroxyl groups excluding tert-OH is 1. The first-order valence-electron chi connectivity index (χ1n) is 14.2. The molecule has 0 aliphatic heterocycles. The first-order valence-corrected chi connectivity index (χ1v) is 14.2. The number of aryl methyl sites for hydroxylation is 2. The quantitative estimate of drug-likeness (QED) is 0.199. The maximum atomic E-state index is 12.1. The molecule has 0 bridgehead atoms. The number of carbonyl (C=O) groups excluding carboxylic acids is 1. The molecule has 5 nitrogen and oxygen atoms in total. The lowest BCUT2D eigenvalue weighted by Gasteiger charge is -2.16. The van der Waals surface area contributed by atoms with Crippen molar-refractivity contribution in [3.8, 4) is 22.3 Å². The van der Waals surface area contributed by atoms with E-state index < -0.39 is 6.10 Å². The van der Waals surface area contributed by atoms with Crippen LogP contribution >= 0.6 is 0 Å². The summed E-state index contributed by atoms with van der Waals surface area (Å²) >= 11 is 0.